The molecule has 0 bridgehead atoms. The highest BCUT2D eigenvalue weighted by atomic mass is 32.2. The summed E-state index contributed by atoms with van der Waals surface area (Å²) in [6, 6.07) is 15.9. The van der Waals surface area contributed by atoms with Gasteiger partial charge in [-0.3, -0.25) is 4.79 Å². The topological polar surface area (TPSA) is 56.6 Å². The summed E-state index contributed by atoms with van der Waals surface area (Å²) < 4.78 is 14.6. The summed E-state index contributed by atoms with van der Waals surface area (Å²) in [4.78, 5) is 15.0. The fourth-order valence-corrected chi connectivity index (χ4v) is 6.18. The van der Waals surface area contributed by atoms with Crippen LogP contribution in [-0.4, -0.2) is 46.1 Å². The van der Waals surface area contributed by atoms with Crippen LogP contribution in [0.5, 0.6) is 11.5 Å². The van der Waals surface area contributed by atoms with Crippen molar-refractivity contribution < 1.29 is 14.3 Å². The zero-order chi connectivity index (χ0) is 21.2. The van der Waals surface area contributed by atoms with Crippen LogP contribution in [0.3, 0.4) is 0 Å². The Morgan fingerprint density at radius 3 is 2.81 bits per heavy atom. The van der Waals surface area contributed by atoms with E-state index in [0.29, 0.717) is 22.9 Å². The van der Waals surface area contributed by atoms with Gasteiger partial charge in [0.2, 0.25) is 5.91 Å². The Hall–Kier alpha value is -2.36. The first-order valence-corrected chi connectivity index (χ1v) is 12.4. The molecule has 1 saturated heterocycles. The summed E-state index contributed by atoms with van der Waals surface area (Å²) >= 11 is 8.35. The lowest BCUT2D eigenvalue weighted by molar-refractivity contribution is -0.129. The van der Waals surface area contributed by atoms with Crippen LogP contribution < -0.4 is 9.47 Å². The number of rotatable bonds is 5. The second-order valence-corrected chi connectivity index (χ2v) is 10.2. The maximum absolute atomic E-state index is 13.0. The van der Waals surface area contributed by atoms with E-state index in [1.165, 1.54) is 23.1 Å². The Labute approximate surface area is 193 Å². The normalized spacial score (nSPS) is 17.7. The number of benzene rings is 2. The van der Waals surface area contributed by atoms with Gasteiger partial charge in [0, 0.05) is 6.54 Å². The minimum atomic E-state index is 0.0731. The third kappa shape index (κ3) is 4.35. The summed E-state index contributed by atoms with van der Waals surface area (Å²) in [5.74, 6) is 2.01. The first kappa shape index (κ1) is 20.5. The molecule has 2 aliphatic heterocycles. The third-order valence-electron chi connectivity index (χ3n) is 5.37. The first-order chi connectivity index (χ1) is 15.2. The van der Waals surface area contributed by atoms with E-state index in [-0.39, 0.29) is 11.9 Å². The van der Waals surface area contributed by atoms with Gasteiger partial charge in [0.05, 0.1) is 17.5 Å². The Bertz CT molecular complexity index is 1150. The quantitative estimate of drug-likeness (QED) is 0.390. The van der Waals surface area contributed by atoms with E-state index in [0.717, 1.165) is 46.5 Å². The number of carbonyl (C=O) groups is 1. The molecular weight excluding hydrogens is 450 g/mol. The van der Waals surface area contributed by atoms with Gasteiger partial charge >= 0.3 is 0 Å². The number of hydrogen-bond acceptors (Lipinski definition) is 7. The number of aromatic nitrogens is 2. The van der Waals surface area contributed by atoms with Crippen LogP contribution in [0.15, 0.2) is 52.9 Å². The fraction of sp³-hybridized carbons (Fsp3) is 0.318. The predicted molar refractivity (Wildman–Crippen MR) is 124 cm³/mol. The minimum Gasteiger partial charge on any atom is -0.486 e. The van der Waals surface area contributed by atoms with E-state index >= 15 is 0 Å². The molecule has 2 aromatic carbocycles. The molecule has 0 radical (unpaired) electrons. The lowest BCUT2D eigenvalue weighted by Gasteiger charge is -2.26. The average molecular weight is 472 g/mol. The van der Waals surface area contributed by atoms with Crippen molar-refractivity contribution in [2.75, 3.05) is 25.5 Å². The SMILES string of the molecule is O=C(CSc1nn(-c2ccccc2)c(=S)s1)N1CCCC1c1ccc2c(c1)OCCO2. The zero-order valence-electron chi connectivity index (χ0n) is 16.7. The lowest BCUT2D eigenvalue weighted by Crippen LogP contribution is -2.32. The van der Waals surface area contributed by atoms with Gasteiger partial charge in [0.1, 0.15) is 13.2 Å². The highest BCUT2D eigenvalue weighted by molar-refractivity contribution is 8.01. The molecule has 0 saturated carbocycles. The van der Waals surface area contributed by atoms with Crippen LogP contribution in [0.2, 0.25) is 0 Å². The monoisotopic (exact) mass is 471 g/mol. The Balaban J connectivity index is 1.27. The summed E-state index contributed by atoms with van der Waals surface area (Å²) in [5, 5.41) is 4.60. The van der Waals surface area contributed by atoms with Crippen molar-refractivity contribution in [2.24, 2.45) is 0 Å². The van der Waals surface area contributed by atoms with E-state index in [4.69, 9.17) is 21.7 Å². The summed E-state index contributed by atoms with van der Waals surface area (Å²) in [6.45, 7) is 1.90. The van der Waals surface area contributed by atoms with Crippen molar-refractivity contribution in [2.45, 2.75) is 23.2 Å². The van der Waals surface area contributed by atoms with Crippen molar-refractivity contribution in [1.29, 1.82) is 0 Å². The van der Waals surface area contributed by atoms with Crippen molar-refractivity contribution in [3.05, 3.63) is 58.0 Å². The Kier molecular flexibility index (Phi) is 5.97. The molecule has 1 amide bonds. The van der Waals surface area contributed by atoms with Crippen molar-refractivity contribution >= 4 is 41.2 Å². The standard InChI is InChI=1S/C22H21N3O3S3/c26-20(14-30-21-23-25(22(29)31-21)16-5-2-1-3-6-16)24-10-4-7-17(24)15-8-9-18-19(13-15)28-12-11-27-18/h1-3,5-6,8-9,13,17H,4,7,10-12,14H2. The van der Waals surface area contributed by atoms with Crippen LogP contribution in [0.4, 0.5) is 0 Å². The maximum atomic E-state index is 13.0. The number of thioether (sulfide) groups is 1. The van der Waals surface area contributed by atoms with Gasteiger partial charge < -0.3 is 14.4 Å². The van der Waals surface area contributed by atoms with Crippen LogP contribution >= 0.6 is 35.3 Å². The molecule has 5 rings (SSSR count). The van der Waals surface area contributed by atoms with Gasteiger partial charge in [-0.2, -0.15) is 0 Å². The van der Waals surface area contributed by atoms with Gasteiger partial charge in [-0.05, 0) is 54.9 Å². The largest absolute Gasteiger partial charge is 0.486 e. The molecular formula is C22H21N3O3S3. The van der Waals surface area contributed by atoms with Crippen molar-refractivity contribution in [3.8, 4) is 17.2 Å². The molecule has 3 aromatic rings. The summed E-state index contributed by atoms with van der Waals surface area (Å²) in [6.07, 6.45) is 1.95. The predicted octanol–water partition coefficient (Wildman–Crippen LogP) is 4.89. The third-order valence-corrected chi connectivity index (χ3v) is 7.72. The van der Waals surface area contributed by atoms with E-state index < -0.39 is 0 Å². The number of amides is 1. The number of likely N-dealkylation sites (tertiary alicyclic amines) is 1. The molecule has 1 aromatic heterocycles. The second-order valence-electron chi connectivity index (χ2n) is 7.32. The number of para-hydroxylation sites is 1. The van der Waals surface area contributed by atoms with E-state index in [2.05, 4.69) is 5.10 Å². The highest BCUT2D eigenvalue weighted by Crippen LogP contribution is 2.38. The molecule has 6 nitrogen and oxygen atoms in total. The molecule has 1 unspecified atom stereocenters. The minimum absolute atomic E-state index is 0.0731. The number of hydrogen-bond donors (Lipinski definition) is 0. The average Bonchev–Trinajstić information content (AvgIpc) is 3.44. The lowest BCUT2D eigenvalue weighted by atomic mass is 10.0. The van der Waals surface area contributed by atoms with Crippen LogP contribution in [0.25, 0.3) is 5.69 Å². The molecule has 9 heteroatoms. The molecule has 0 aliphatic carbocycles. The van der Waals surface area contributed by atoms with Gasteiger partial charge in [0.15, 0.2) is 19.8 Å². The van der Waals surface area contributed by atoms with Crippen LogP contribution in [0, 0.1) is 3.95 Å². The first-order valence-electron chi connectivity index (χ1n) is 10.2. The van der Waals surface area contributed by atoms with E-state index in [1.54, 1.807) is 4.68 Å². The molecule has 2 aliphatic rings. The number of nitrogens with zero attached hydrogens (tertiary/aromatic N) is 3. The van der Waals surface area contributed by atoms with Gasteiger partial charge in [-0.15, -0.1) is 5.10 Å². The van der Waals surface area contributed by atoms with Crippen molar-refractivity contribution in [1.82, 2.24) is 14.7 Å². The summed E-state index contributed by atoms with van der Waals surface area (Å²) in [7, 11) is 0. The van der Waals surface area contributed by atoms with Crippen LogP contribution in [-0.2, 0) is 4.79 Å². The number of ether oxygens (including phenoxy) is 2. The summed E-state index contributed by atoms with van der Waals surface area (Å²) in [5.41, 5.74) is 2.03. The highest BCUT2D eigenvalue weighted by Gasteiger charge is 2.31. The molecule has 31 heavy (non-hydrogen) atoms. The van der Waals surface area contributed by atoms with Crippen LogP contribution in [0.1, 0.15) is 24.4 Å². The van der Waals surface area contributed by atoms with E-state index in [9.17, 15) is 4.79 Å². The van der Waals surface area contributed by atoms with Gasteiger partial charge in [-0.25, -0.2) is 4.68 Å². The molecule has 1 atom stereocenters. The molecule has 3 heterocycles. The molecule has 0 N–H and O–H groups in total. The van der Waals surface area contributed by atoms with Gasteiger partial charge in [-0.1, -0.05) is 47.4 Å². The second kappa shape index (κ2) is 9.02. The smallest absolute Gasteiger partial charge is 0.233 e. The maximum Gasteiger partial charge on any atom is 0.233 e. The zero-order valence-corrected chi connectivity index (χ0v) is 19.2. The van der Waals surface area contributed by atoms with E-state index in [1.807, 2.05) is 53.4 Å². The number of fused-ring (bicyclic) bond motifs is 1. The fourth-order valence-electron chi connectivity index (χ4n) is 3.94. The number of carbonyl (C=O) groups excluding carboxylic acids is 1. The Morgan fingerprint density at radius 1 is 1.16 bits per heavy atom. The Morgan fingerprint density at radius 2 is 1.97 bits per heavy atom. The molecule has 1 fully saturated rings. The van der Waals surface area contributed by atoms with Crippen molar-refractivity contribution in [3.63, 3.8) is 0 Å². The molecule has 160 valence electrons. The van der Waals surface area contributed by atoms with Gasteiger partial charge in [0.25, 0.3) is 0 Å². The molecule has 0 spiro atoms.